The van der Waals surface area contributed by atoms with Crippen LogP contribution in [0.15, 0.2) is 66.9 Å². The Hall–Kier alpha value is -2.56. The van der Waals surface area contributed by atoms with Gasteiger partial charge in [0.05, 0.1) is 21.9 Å². The van der Waals surface area contributed by atoms with Crippen LogP contribution in [-0.2, 0) is 0 Å². The van der Waals surface area contributed by atoms with Gasteiger partial charge in [0, 0.05) is 11.6 Å². The third-order valence-electron chi connectivity index (χ3n) is 3.14. The van der Waals surface area contributed by atoms with Gasteiger partial charge in [-0.1, -0.05) is 41.4 Å². The molecule has 0 aliphatic heterocycles. The summed E-state index contributed by atoms with van der Waals surface area (Å²) < 4.78 is 5.60. The Labute approximate surface area is 149 Å². The minimum Gasteiger partial charge on any atom is -0.439 e. The van der Waals surface area contributed by atoms with E-state index < -0.39 is 0 Å². The molecule has 0 radical (unpaired) electrons. The predicted octanol–water partition coefficient (Wildman–Crippen LogP) is 5.43. The van der Waals surface area contributed by atoms with Gasteiger partial charge in [0.15, 0.2) is 0 Å². The van der Waals surface area contributed by atoms with Crippen LogP contribution in [0.1, 0.15) is 10.4 Å². The lowest BCUT2D eigenvalue weighted by Gasteiger charge is -2.08. The number of aromatic nitrogens is 1. The van der Waals surface area contributed by atoms with Crippen LogP contribution in [0.4, 0.5) is 5.69 Å². The summed E-state index contributed by atoms with van der Waals surface area (Å²) in [4.78, 5) is 16.3. The van der Waals surface area contributed by atoms with E-state index in [1.807, 2.05) is 30.3 Å². The van der Waals surface area contributed by atoms with E-state index in [1.54, 1.807) is 24.3 Å². The average molecular weight is 359 g/mol. The fourth-order valence-electron chi connectivity index (χ4n) is 1.96. The Morgan fingerprint density at radius 3 is 2.42 bits per heavy atom. The molecule has 1 N–H and O–H groups in total. The Morgan fingerprint density at radius 1 is 0.958 bits per heavy atom. The van der Waals surface area contributed by atoms with E-state index in [-0.39, 0.29) is 5.91 Å². The molecule has 0 saturated carbocycles. The van der Waals surface area contributed by atoms with Gasteiger partial charge in [0.1, 0.15) is 5.75 Å². The Bertz CT molecular complexity index is 853. The second-order valence-electron chi connectivity index (χ2n) is 4.88. The number of ether oxygens (including phenoxy) is 1. The lowest BCUT2D eigenvalue weighted by Crippen LogP contribution is -2.12. The van der Waals surface area contributed by atoms with Crippen LogP contribution in [0.2, 0.25) is 10.0 Å². The smallest absolute Gasteiger partial charge is 0.255 e. The number of benzene rings is 2. The van der Waals surface area contributed by atoms with Crippen molar-refractivity contribution in [3.05, 3.63) is 82.5 Å². The minimum absolute atomic E-state index is 0.299. The SMILES string of the molecule is O=C(Nc1ccc(Oc2ccccc2)nc1)c1ccc(Cl)c(Cl)c1. The third kappa shape index (κ3) is 4.04. The molecule has 0 bridgehead atoms. The van der Waals surface area contributed by atoms with Gasteiger partial charge in [-0.25, -0.2) is 4.98 Å². The van der Waals surface area contributed by atoms with E-state index in [4.69, 9.17) is 27.9 Å². The van der Waals surface area contributed by atoms with Crippen LogP contribution >= 0.6 is 23.2 Å². The zero-order valence-electron chi connectivity index (χ0n) is 12.4. The van der Waals surface area contributed by atoms with Gasteiger partial charge in [0.2, 0.25) is 5.88 Å². The van der Waals surface area contributed by atoms with Crippen LogP contribution in [0.3, 0.4) is 0 Å². The van der Waals surface area contributed by atoms with E-state index in [2.05, 4.69) is 10.3 Å². The normalized spacial score (nSPS) is 10.2. The Morgan fingerprint density at radius 2 is 1.75 bits per heavy atom. The first kappa shape index (κ1) is 16.3. The number of carbonyl (C=O) groups is 1. The van der Waals surface area contributed by atoms with Crippen LogP contribution < -0.4 is 10.1 Å². The third-order valence-corrected chi connectivity index (χ3v) is 3.88. The van der Waals surface area contributed by atoms with E-state index in [0.29, 0.717) is 32.9 Å². The predicted molar refractivity (Wildman–Crippen MR) is 95.2 cm³/mol. The molecule has 1 heterocycles. The second kappa shape index (κ2) is 7.34. The molecule has 120 valence electrons. The monoisotopic (exact) mass is 358 g/mol. The molecule has 4 nitrogen and oxygen atoms in total. The largest absolute Gasteiger partial charge is 0.439 e. The standard InChI is InChI=1S/C18H12Cl2N2O2/c19-15-8-6-12(10-16(15)20)18(23)22-13-7-9-17(21-11-13)24-14-4-2-1-3-5-14/h1-11H,(H,22,23). The van der Waals surface area contributed by atoms with Gasteiger partial charge in [-0.05, 0) is 36.4 Å². The van der Waals surface area contributed by atoms with Gasteiger partial charge < -0.3 is 10.1 Å². The number of hydrogen-bond acceptors (Lipinski definition) is 3. The molecule has 24 heavy (non-hydrogen) atoms. The summed E-state index contributed by atoms with van der Waals surface area (Å²) in [6.45, 7) is 0. The first-order valence-corrected chi connectivity index (χ1v) is 7.83. The highest BCUT2D eigenvalue weighted by molar-refractivity contribution is 6.42. The van der Waals surface area contributed by atoms with E-state index in [9.17, 15) is 4.79 Å². The molecule has 6 heteroatoms. The number of nitrogens with one attached hydrogen (secondary N) is 1. The number of halogens is 2. The molecule has 0 aliphatic rings. The maximum absolute atomic E-state index is 12.2. The molecule has 0 aliphatic carbocycles. The zero-order chi connectivity index (χ0) is 16.9. The number of pyridine rings is 1. The van der Waals surface area contributed by atoms with Crippen LogP contribution in [-0.4, -0.2) is 10.9 Å². The summed E-state index contributed by atoms with van der Waals surface area (Å²) in [5.74, 6) is 0.832. The zero-order valence-corrected chi connectivity index (χ0v) is 13.9. The Kier molecular flexibility index (Phi) is 4.99. The first-order chi connectivity index (χ1) is 11.6. The molecular formula is C18H12Cl2N2O2. The lowest BCUT2D eigenvalue weighted by molar-refractivity contribution is 0.102. The summed E-state index contributed by atoms with van der Waals surface area (Å²) in [7, 11) is 0. The Balaban J connectivity index is 1.67. The molecule has 0 spiro atoms. The molecule has 0 fully saturated rings. The van der Waals surface area contributed by atoms with E-state index >= 15 is 0 Å². The molecular weight excluding hydrogens is 347 g/mol. The molecule has 0 saturated heterocycles. The van der Waals surface area contributed by atoms with Gasteiger partial charge in [-0.3, -0.25) is 4.79 Å². The van der Waals surface area contributed by atoms with Crippen LogP contribution in [0.5, 0.6) is 11.6 Å². The molecule has 1 aromatic heterocycles. The summed E-state index contributed by atoms with van der Waals surface area (Å²) in [6.07, 6.45) is 1.52. The number of hydrogen-bond donors (Lipinski definition) is 1. The molecule has 0 atom stereocenters. The molecule has 3 rings (SSSR count). The van der Waals surface area contributed by atoms with Gasteiger partial charge in [-0.2, -0.15) is 0 Å². The number of nitrogens with zero attached hydrogens (tertiary/aromatic N) is 1. The number of para-hydroxylation sites is 1. The summed E-state index contributed by atoms with van der Waals surface area (Å²) in [5, 5.41) is 3.47. The van der Waals surface area contributed by atoms with Gasteiger partial charge in [0.25, 0.3) is 5.91 Å². The van der Waals surface area contributed by atoms with Crippen molar-refractivity contribution in [2.45, 2.75) is 0 Å². The van der Waals surface area contributed by atoms with Crippen molar-refractivity contribution < 1.29 is 9.53 Å². The summed E-state index contributed by atoms with van der Waals surface area (Å²) >= 11 is 11.8. The lowest BCUT2D eigenvalue weighted by atomic mass is 10.2. The fourth-order valence-corrected chi connectivity index (χ4v) is 2.26. The van der Waals surface area contributed by atoms with Crippen molar-refractivity contribution in [2.24, 2.45) is 0 Å². The molecule has 1 amide bonds. The van der Waals surface area contributed by atoms with Crippen molar-refractivity contribution in [1.29, 1.82) is 0 Å². The number of carbonyl (C=O) groups excluding carboxylic acids is 1. The van der Waals surface area contributed by atoms with Gasteiger partial charge in [-0.15, -0.1) is 0 Å². The quantitative estimate of drug-likeness (QED) is 0.676. The number of amides is 1. The maximum Gasteiger partial charge on any atom is 0.255 e. The van der Waals surface area contributed by atoms with Crippen molar-refractivity contribution in [1.82, 2.24) is 4.98 Å². The molecule has 3 aromatic rings. The average Bonchev–Trinajstić information content (AvgIpc) is 2.60. The first-order valence-electron chi connectivity index (χ1n) is 7.07. The summed E-state index contributed by atoms with van der Waals surface area (Å²) in [5.41, 5.74) is 0.959. The topological polar surface area (TPSA) is 51.2 Å². The molecule has 2 aromatic carbocycles. The van der Waals surface area contributed by atoms with Crippen molar-refractivity contribution in [3.63, 3.8) is 0 Å². The summed E-state index contributed by atoms with van der Waals surface area (Å²) in [6, 6.07) is 17.4. The number of anilines is 1. The van der Waals surface area contributed by atoms with E-state index in [0.717, 1.165) is 0 Å². The van der Waals surface area contributed by atoms with Crippen molar-refractivity contribution in [2.75, 3.05) is 5.32 Å². The highest BCUT2D eigenvalue weighted by Crippen LogP contribution is 2.24. The van der Waals surface area contributed by atoms with E-state index in [1.165, 1.54) is 12.3 Å². The maximum atomic E-state index is 12.2. The molecule has 0 unspecified atom stereocenters. The second-order valence-corrected chi connectivity index (χ2v) is 5.70. The van der Waals surface area contributed by atoms with Crippen LogP contribution in [0.25, 0.3) is 0 Å². The van der Waals surface area contributed by atoms with Crippen molar-refractivity contribution >= 4 is 34.8 Å². The van der Waals surface area contributed by atoms with Crippen LogP contribution in [0, 0.1) is 0 Å². The van der Waals surface area contributed by atoms with Gasteiger partial charge >= 0.3 is 0 Å². The van der Waals surface area contributed by atoms with Crippen molar-refractivity contribution in [3.8, 4) is 11.6 Å². The highest BCUT2D eigenvalue weighted by Gasteiger charge is 2.09. The minimum atomic E-state index is -0.299. The number of rotatable bonds is 4. The highest BCUT2D eigenvalue weighted by atomic mass is 35.5. The fraction of sp³-hybridized carbons (Fsp3) is 0.